The van der Waals surface area contributed by atoms with Crippen LogP contribution in [0.15, 0.2) is 0 Å². The molecule has 0 amide bonds. The van der Waals surface area contributed by atoms with Gasteiger partial charge >= 0.3 is 72.9 Å². The molecule has 9 heteroatoms. The van der Waals surface area contributed by atoms with Gasteiger partial charge in [0.15, 0.2) is 6.61 Å². The van der Waals surface area contributed by atoms with Crippen LogP contribution in [-0.2, 0) is 29.4 Å². The molecule has 0 radical (unpaired) electrons. The minimum absolute atomic E-state index is 0.113. The van der Waals surface area contributed by atoms with Crippen LogP contribution < -0.4 is 11.5 Å². The maximum atomic E-state index is 9.47. The number of hydrogen-bond acceptors (Lipinski definition) is 6. The topological polar surface area (TPSA) is 142 Å². The first-order chi connectivity index (χ1) is 7.75. The van der Waals surface area contributed by atoms with E-state index in [-0.39, 0.29) is 9.97 Å². The van der Waals surface area contributed by atoms with Crippen LogP contribution in [0.1, 0.15) is 25.7 Å². The van der Waals surface area contributed by atoms with Gasteiger partial charge in [-0.1, -0.05) is 0 Å². The minimum atomic E-state index is -1.36. The van der Waals surface area contributed by atoms with E-state index in [4.69, 9.17) is 16.6 Å². The van der Waals surface area contributed by atoms with Crippen molar-refractivity contribution in [1.82, 2.24) is 0 Å². The Kier molecular flexibility index (Phi) is 7.25. The smallest absolute Gasteiger partial charge is 0.329 e. The average molecular weight is 429 g/mol. The Bertz CT molecular complexity index is 260. The standard InChI is InChI=1S/C6H13N2.C2H3NO5.Pt/c7-5-3-1-2-4-6(5)8;4-2(5)1-8-3(6)7;/h5H,1-4,7-8H2;1H2,(H,4,5);/t5-;;/m1../s1. The second-order valence-electron chi connectivity index (χ2n) is 3.61. The van der Waals surface area contributed by atoms with Gasteiger partial charge in [-0.25, -0.2) is 0 Å². The number of nitrogens with zero attached hydrogens (tertiary/aromatic N) is 1. The van der Waals surface area contributed by atoms with E-state index in [0.29, 0.717) is 0 Å². The number of nitrogens with two attached hydrogens (primary N) is 2. The molecule has 8 nitrogen and oxygen atoms in total. The summed E-state index contributed by atoms with van der Waals surface area (Å²) in [6, 6.07) is 0.216. The molecule has 0 unspecified atom stereocenters. The number of carboxylic acid groups (broad SMARTS) is 1. The number of hydrogen-bond donors (Lipinski definition) is 3. The number of carbonyl (C=O) groups is 1. The van der Waals surface area contributed by atoms with Crippen LogP contribution in [-0.4, -0.2) is 32.7 Å². The van der Waals surface area contributed by atoms with Gasteiger partial charge in [0.05, 0.1) is 0 Å². The summed E-state index contributed by atoms with van der Waals surface area (Å²) in [5.41, 5.74) is 11.7. The van der Waals surface area contributed by atoms with E-state index in [0.717, 1.165) is 12.8 Å². The summed E-state index contributed by atoms with van der Waals surface area (Å²) < 4.78 is -0.113. The summed E-state index contributed by atoms with van der Waals surface area (Å²) in [5, 5.41) is 15.8. The van der Waals surface area contributed by atoms with Gasteiger partial charge in [-0.15, -0.1) is 10.1 Å². The van der Waals surface area contributed by atoms with E-state index < -0.39 is 17.7 Å². The summed E-state index contributed by atoms with van der Waals surface area (Å²) in [6.45, 7) is -0.896. The molecule has 1 aliphatic carbocycles. The fraction of sp³-hybridized carbons (Fsp3) is 0.875. The summed E-state index contributed by atoms with van der Waals surface area (Å²) in [6.07, 6.45) is 4.67. The van der Waals surface area contributed by atoms with E-state index in [1.165, 1.54) is 12.8 Å². The van der Waals surface area contributed by atoms with Gasteiger partial charge in [0.2, 0.25) is 0 Å². The Morgan fingerprint density at radius 1 is 1.65 bits per heavy atom. The zero-order valence-corrected chi connectivity index (χ0v) is 11.4. The Labute approximate surface area is 110 Å². The van der Waals surface area contributed by atoms with Gasteiger partial charge in [0, 0.05) is 0 Å². The van der Waals surface area contributed by atoms with Crippen LogP contribution in [0.2, 0.25) is 0 Å². The molecule has 0 aliphatic heterocycles. The molecule has 0 aromatic rings. The third kappa shape index (κ3) is 8.06. The summed E-state index contributed by atoms with van der Waals surface area (Å²) in [5.74, 6) is -1.36. The SMILES string of the molecule is N[C@@H]1CCCC[C@]1(N)[Pt].O=C(O)CO[N+](=O)[O-]. The minimum Gasteiger partial charge on any atom is -0.480 e. The van der Waals surface area contributed by atoms with E-state index in [2.05, 4.69) is 24.7 Å². The first-order valence-electron chi connectivity index (χ1n) is 4.95. The van der Waals surface area contributed by atoms with Crippen molar-refractivity contribution >= 4 is 5.97 Å². The summed E-state index contributed by atoms with van der Waals surface area (Å²) in [7, 11) is 0. The zero-order chi connectivity index (χ0) is 13.5. The van der Waals surface area contributed by atoms with Crippen LogP contribution in [0.25, 0.3) is 0 Å². The third-order valence-corrected chi connectivity index (χ3v) is 3.61. The molecule has 2 atom stereocenters. The predicted octanol–water partition coefficient (Wildman–Crippen LogP) is -0.631. The third-order valence-electron chi connectivity index (χ3n) is 2.20. The van der Waals surface area contributed by atoms with Crippen LogP contribution in [0, 0.1) is 10.1 Å². The average Bonchev–Trinajstić information content (AvgIpc) is 2.20. The molecular weight excluding hydrogens is 413 g/mol. The molecule has 1 saturated carbocycles. The Hall–Kier alpha value is -0.722. The zero-order valence-electron chi connectivity index (χ0n) is 9.11. The molecule has 5 N–H and O–H groups in total. The van der Waals surface area contributed by atoms with Crippen LogP contribution in [0.4, 0.5) is 0 Å². The van der Waals surface area contributed by atoms with Crippen molar-refractivity contribution in [2.45, 2.75) is 35.7 Å². The second-order valence-corrected chi connectivity index (χ2v) is 5.73. The number of carboxylic acids is 1. The van der Waals surface area contributed by atoms with Crippen molar-refractivity contribution in [2.24, 2.45) is 11.5 Å². The van der Waals surface area contributed by atoms with Crippen LogP contribution >= 0.6 is 0 Å². The van der Waals surface area contributed by atoms with E-state index in [9.17, 15) is 14.9 Å². The van der Waals surface area contributed by atoms with Crippen molar-refractivity contribution in [3.63, 3.8) is 0 Å². The maximum Gasteiger partial charge on any atom is 0.329 e. The molecule has 0 aromatic carbocycles. The van der Waals surface area contributed by atoms with Gasteiger partial charge in [0.1, 0.15) is 0 Å². The Morgan fingerprint density at radius 2 is 2.24 bits per heavy atom. The molecule has 0 heterocycles. The molecule has 1 aliphatic rings. The largest absolute Gasteiger partial charge is 0.480 e. The van der Waals surface area contributed by atoms with E-state index in [1.54, 1.807) is 0 Å². The van der Waals surface area contributed by atoms with Crippen LogP contribution in [0.3, 0.4) is 0 Å². The van der Waals surface area contributed by atoms with Gasteiger partial charge in [-0.05, 0) is 0 Å². The van der Waals surface area contributed by atoms with Gasteiger partial charge < -0.3 is 9.94 Å². The molecule has 0 saturated heterocycles. The van der Waals surface area contributed by atoms with Crippen molar-refractivity contribution in [2.75, 3.05) is 6.61 Å². The summed E-state index contributed by atoms with van der Waals surface area (Å²) >= 11 is 2.25. The van der Waals surface area contributed by atoms with E-state index >= 15 is 0 Å². The molecule has 103 valence electrons. The fourth-order valence-corrected chi connectivity index (χ4v) is 2.00. The molecule has 0 aromatic heterocycles. The van der Waals surface area contributed by atoms with Gasteiger partial charge in [-0.3, -0.25) is 4.79 Å². The molecule has 0 spiro atoms. The Balaban J connectivity index is 0.000000304. The maximum absolute atomic E-state index is 9.47. The van der Waals surface area contributed by atoms with Gasteiger partial charge in [-0.2, -0.15) is 0 Å². The Morgan fingerprint density at radius 3 is 2.47 bits per heavy atom. The van der Waals surface area contributed by atoms with Crippen LogP contribution in [0.5, 0.6) is 0 Å². The quantitative estimate of drug-likeness (QED) is 0.401. The second kappa shape index (κ2) is 7.57. The monoisotopic (exact) mass is 429 g/mol. The normalized spacial score (nSPS) is 27.6. The number of rotatable bonds is 3. The fourth-order valence-electron chi connectivity index (χ4n) is 1.27. The molecule has 17 heavy (non-hydrogen) atoms. The van der Waals surface area contributed by atoms with Crippen molar-refractivity contribution in [3.8, 4) is 0 Å². The van der Waals surface area contributed by atoms with E-state index in [1.807, 2.05) is 0 Å². The van der Waals surface area contributed by atoms with Crippen molar-refractivity contribution in [3.05, 3.63) is 10.1 Å². The summed E-state index contributed by atoms with van der Waals surface area (Å²) in [4.78, 5) is 22.1. The molecule has 0 bridgehead atoms. The van der Waals surface area contributed by atoms with Crippen molar-refractivity contribution < 1.29 is 39.6 Å². The molecule has 1 rings (SSSR count). The predicted molar refractivity (Wildman–Crippen MR) is 53.9 cm³/mol. The first kappa shape index (κ1) is 16.3. The number of aliphatic carboxylic acids is 1. The van der Waals surface area contributed by atoms with Gasteiger partial charge in [0.25, 0.3) is 5.09 Å². The molecular formula is C8H16N3O5Pt. The van der Waals surface area contributed by atoms with Crippen molar-refractivity contribution in [1.29, 1.82) is 0 Å². The first-order valence-corrected chi connectivity index (χ1v) is 6.08. The molecule has 1 fully saturated rings.